The van der Waals surface area contributed by atoms with E-state index in [-0.39, 0.29) is 17.5 Å². The van der Waals surface area contributed by atoms with E-state index in [2.05, 4.69) is 30.0 Å². The van der Waals surface area contributed by atoms with Crippen LogP contribution in [0.4, 0.5) is 16.6 Å². The van der Waals surface area contributed by atoms with Gasteiger partial charge in [0.25, 0.3) is 5.91 Å². The number of hydrogen-bond acceptors (Lipinski definition) is 9. The Morgan fingerprint density at radius 1 is 1.22 bits per heavy atom. The van der Waals surface area contributed by atoms with Crippen LogP contribution in [-0.2, 0) is 0 Å². The Kier molecular flexibility index (Phi) is 6.69. The highest BCUT2D eigenvalue weighted by molar-refractivity contribution is 7.10. The van der Waals surface area contributed by atoms with E-state index in [4.69, 9.17) is 5.73 Å². The van der Waals surface area contributed by atoms with Gasteiger partial charge in [-0.3, -0.25) is 14.6 Å². The van der Waals surface area contributed by atoms with Gasteiger partial charge in [0.2, 0.25) is 0 Å². The van der Waals surface area contributed by atoms with Crippen LogP contribution in [0.5, 0.6) is 0 Å². The number of nitrogens with one attached hydrogen (secondary N) is 2. The molecule has 0 atom stereocenters. The third-order valence-corrected chi connectivity index (χ3v) is 6.33. The van der Waals surface area contributed by atoms with Gasteiger partial charge in [-0.15, -0.1) is 0 Å². The van der Waals surface area contributed by atoms with Crippen molar-refractivity contribution >= 4 is 39.9 Å². The summed E-state index contributed by atoms with van der Waals surface area (Å²) in [6, 6.07) is 5.70. The monoisotopic (exact) mass is 451 g/mol. The van der Waals surface area contributed by atoms with Crippen molar-refractivity contribution in [2.45, 2.75) is 45.1 Å². The number of pyridine rings is 1. The zero-order chi connectivity index (χ0) is 22.5. The summed E-state index contributed by atoms with van der Waals surface area (Å²) in [4.78, 5) is 37.0. The number of aromatic nitrogens is 4. The van der Waals surface area contributed by atoms with Crippen molar-refractivity contribution in [2.75, 3.05) is 10.6 Å². The Labute approximate surface area is 190 Å². The molecule has 0 radical (unpaired) electrons. The number of carbonyl (C=O) groups excluding carboxylic acids is 2. The highest BCUT2D eigenvalue weighted by Gasteiger charge is 2.24. The second-order valence-electron chi connectivity index (χ2n) is 8.01. The van der Waals surface area contributed by atoms with Crippen molar-refractivity contribution < 1.29 is 9.59 Å². The first-order chi connectivity index (χ1) is 15.5. The van der Waals surface area contributed by atoms with Crippen LogP contribution in [0.2, 0.25) is 0 Å². The zero-order valence-electron chi connectivity index (χ0n) is 17.7. The summed E-state index contributed by atoms with van der Waals surface area (Å²) in [6.45, 7) is 1.89. The molecule has 0 saturated heterocycles. The molecule has 32 heavy (non-hydrogen) atoms. The maximum absolute atomic E-state index is 12.4. The van der Waals surface area contributed by atoms with E-state index in [0.717, 1.165) is 36.4 Å². The first-order valence-electron chi connectivity index (χ1n) is 10.5. The molecule has 10 heteroatoms. The molecule has 1 aliphatic rings. The molecule has 3 aromatic rings. The van der Waals surface area contributed by atoms with E-state index in [1.165, 1.54) is 17.7 Å². The van der Waals surface area contributed by atoms with Crippen LogP contribution in [0.3, 0.4) is 0 Å². The topological polar surface area (TPSA) is 136 Å². The van der Waals surface area contributed by atoms with Gasteiger partial charge in [0.1, 0.15) is 10.8 Å². The van der Waals surface area contributed by atoms with Crippen LogP contribution in [-0.4, -0.2) is 37.1 Å². The maximum atomic E-state index is 12.4. The zero-order valence-corrected chi connectivity index (χ0v) is 18.6. The number of carbonyl (C=O) groups is 2. The minimum atomic E-state index is -0.647. The van der Waals surface area contributed by atoms with Crippen LogP contribution in [0.25, 0.3) is 0 Å². The molecule has 3 heterocycles. The Bertz CT molecular complexity index is 1090. The number of amides is 1. The van der Waals surface area contributed by atoms with Gasteiger partial charge in [0.05, 0.1) is 11.9 Å². The van der Waals surface area contributed by atoms with Crippen molar-refractivity contribution in [3.8, 4) is 0 Å². The van der Waals surface area contributed by atoms with Crippen LogP contribution >= 0.6 is 11.5 Å². The molecule has 166 valence electrons. The van der Waals surface area contributed by atoms with Crippen LogP contribution in [0, 0.1) is 12.8 Å². The number of anilines is 3. The number of nitrogens with zero attached hydrogens (tertiary/aromatic N) is 4. The number of hydrogen-bond donors (Lipinski definition) is 3. The Morgan fingerprint density at radius 2 is 2.03 bits per heavy atom. The minimum Gasteiger partial charge on any atom is -0.366 e. The largest absolute Gasteiger partial charge is 0.366 e. The van der Waals surface area contributed by atoms with Gasteiger partial charge in [-0.2, -0.15) is 4.37 Å². The molecule has 0 bridgehead atoms. The summed E-state index contributed by atoms with van der Waals surface area (Å²) in [5.41, 5.74) is 7.09. The first kappa shape index (κ1) is 21.8. The van der Waals surface area contributed by atoms with Crippen molar-refractivity contribution in [1.82, 2.24) is 19.3 Å². The Morgan fingerprint density at radius 3 is 2.69 bits per heavy atom. The fraction of sp³-hybridized carbons (Fsp3) is 0.364. The minimum absolute atomic E-state index is 0.0826. The molecule has 1 aliphatic carbocycles. The molecule has 0 unspecified atom stereocenters. The van der Waals surface area contributed by atoms with Crippen molar-refractivity contribution in [3.63, 3.8) is 0 Å². The van der Waals surface area contributed by atoms with Gasteiger partial charge >= 0.3 is 0 Å². The molecule has 0 aromatic carbocycles. The lowest BCUT2D eigenvalue weighted by atomic mass is 9.82. The summed E-state index contributed by atoms with van der Waals surface area (Å²) in [7, 11) is 0. The predicted octanol–water partition coefficient (Wildman–Crippen LogP) is 3.72. The number of ketones is 1. The third-order valence-electron chi connectivity index (χ3n) is 5.53. The first-order valence-corrected chi connectivity index (χ1v) is 11.3. The fourth-order valence-electron chi connectivity index (χ4n) is 3.89. The highest BCUT2D eigenvalue weighted by Crippen LogP contribution is 2.30. The van der Waals surface area contributed by atoms with Gasteiger partial charge in [0, 0.05) is 30.4 Å². The van der Waals surface area contributed by atoms with Crippen LogP contribution < -0.4 is 16.4 Å². The van der Waals surface area contributed by atoms with Gasteiger partial charge in [0.15, 0.2) is 17.3 Å². The predicted molar refractivity (Wildman–Crippen MR) is 123 cm³/mol. The second kappa shape index (κ2) is 9.82. The van der Waals surface area contributed by atoms with Crippen LogP contribution in [0.1, 0.15) is 58.6 Å². The van der Waals surface area contributed by atoms with Gasteiger partial charge < -0.3 is 16.4 Å². The number of Topliss-reactive ketones (excluding diaryl/α,β-unsaturated/α-hetero) is 1. The van der Waals surface area contributed by atoms with Crippen LogP contribution in [0.15, 0.2) is 36.8 Å². The summed E-state index contributed by atoms with van der Waals surface area (Å²) in [6.07, 6.45) is 9.16. The van der Waals surface area contributed by atoms with Crippen molar-refractivity contribution in [2.24, 2.45) is 11.7 Å². The highest BCUT2D eigenvalue weighted by atomic mass is 32.1. The second-order valence-corrected chi connectivity index (χ2v) is 8.81. The SMILES string of the molecule is Cc1cc(Nc2nc(NC3CCC(CC(=O)c4cccnc4)CC3)cnc2C(N)=O)sn1. The molecule has 0 aliphatic heterocycles. The number of aryl methyl sites for hydroxylation is 1. The van der Waals surface area contributed by atoms with Crippen molar-refractivity contribution in [1.29, 1.82) is 0 Å². The lowest BCUT2D eigenvalue weighted by Gasteiger charge is -2.29. The third kappa shape index (κ3) is 5.44. The normalized spacial score (nSPS) is 18.2. The molecule has 0 spiro atoms. The summed E-state index contributed by atoms with van der Waals surface area (Å²) in [5.74, 6) is 0.759. The maximum Gasteiger partial charge on any atom is 0.271 e. The molecule has 1 amide bonds. The van der Waals surface area contributed by atoms with Gasteiger partial charge in [-0.05, 0) is 68.3 Å². The molecule has 9 nitrogen and oxygen atoms in total. The molecule has 3 aromatic heterocycles. The van der Waals surface area contributed by atoms with E-state index >= 15 is 0 Å². The molecule has 1 saturated carbocycles. The standard InChI is InChI=1S/C22H25N7O2S/c1-13-9-19(32-29-13)28-22-20(21(23)31)25-12-18(27-22)26-16-6-4-14(5-7-16)10-17(30)15-3-2-8-24-11-15/h2-3,8-9,11-12,14,16H,4-7,10H2,1H3,(H2,23,31)(H2,26,27,28). The van der Waals surface area contributed by atoms with E-state index in [9.17, 15) is 9.59 Å². The Hall–Kier alpha value is -3.40. The molecular formula is C22H25N7O2S. The van der Waals surface area contributed by atoms with Crippen molar-refractivity contribution in [3.05, 3.63) is 53.7 Å². The van der Waals surface area contributed by atoms with Gasteiger partial charge in [-0.25, -0.2) is 9.97 Å². The average Bonchev–Trinajstić information content (AvgIpc) is 3.20. The molecule has 4 N–H and O–H groups in total. The molecular weight excluding hydrogens is 426 g/mol. The molecule has 1 fully saturated rings. The van der Waals surface area contributed by atoms with E-state index < -0.39 is 5.91 Å². The lowest BCUT2D eigenvalue weighted by Crippen LogP contribution is -2.28. The number of primary amides is 1. The quantitative estimate of drug-likeness (QED) is 0.441. The smallest absolute Gasteiger partial charge is 0.271 e. The number of rotatable bonds is 8. The number of nitrogens with two attached hydrogens (primary N) is 1. The Balaban J connectivity index is 1.36. The molecule has 4 rings (SSSR count). The van der Waals surface area contributed by atoms with E-state index in [1.807, 2.05) is 19.1 Å². The lowest BCUT2D eigenvalue weighted by molar-refractivity contribution is 0.0947. The summed E-state index contributed by atoms with van der Waals surface area (Å²) in [5, 5.41) is 7.27. The van der Waals surface area contributed by atoms with Gasteiger partial charge in [-0.1, -0.05) is 0 Å². The average molecular weight is 452 g/mol. The summed E-state index contributed by atoms with van der Waals surface area (Å²) < 4.78 is 4.22. The van der Waals surface area contributed by atoms with E-state index in [0.29, 0.717) is 29.5 Å². The fourth-order valence-corrected chi connectivity index (χ4v) is 4.55. The summed E-state index contributed by atoms with van der Waals surface area (Å²) >= 11 is 1.28. The van der Waals surface area contributed by atoms with E-state index in [1.54, 1.807) is 18.5 Å².